The number of amides is 2. The van der Waals surface area contributed by atoms with Crippen molar-refractivity contribution >= 4 is 17.4 Å². The van der Waals surface area contributed by atoms with Crippen LogP contribution < -0.4 is 10.2 Å². The summed E-state index contributed by atoms with van der Waals surface area (Å²) in [5, 5.41) is 12.1. The van der Waals surface area contributed by atoms with Gasteiger partial charge < -0.3 is 20.2 Å². The van der Waals surface area contributed by atoms with E-state index in [2.05, 4.69) is 17.1 Å². The van der Waals surface area contributed by atoms with Crippen molar-refractivity contribution in [2.45, 2.75) is 13.3 Å². The molecule has 1 fully saturated rings. The maximum absolute atomic E-state index is 12.3. The number of aliphatic hydroxyl groups excluding tert-OH is 1. The maximum Gasteiger partial charge on any atom is 0.321 e. The molecule has 1 aromatic rings. The van der Waals surface area contributed by atoms with Gasteiger partial charge in [0.15, 0.2) is 0 Å². The minimum atomic E-state index is -0.0853. The fourth-order valence-electron chi connectivity index (χ4n) is 2.44. The van der Waals surface area contributed by atoms with Gasteiger partial charge in [0.1, 0.15) is 0 Å². The number of likely N-dealkylation sites (tertiary alicyclic amines) is 1. The Morgan fingerprint density at radius 3 is 2.90 bits per heavy atom. The lowest BCUT2D eigenvalue weighted by Crippen LogP contribution is -2.33. The van der Waals surface area contributed by atoms with E-state index in [4.69, 9.17) is 5.11 Å². The van der Waals surface area contributed by atoms with Gasteiger partial charge in [-0.05, 0) is 25.5 Å². The fraction of sp³-hybridized carbons (Fsp3) is 0.533. The Hall–Kier alpha value is -1.75. The number of urea groups is 1. The molecule has 5 heteroatoms. The lowest BCUT2D eigenvalue weighted by atomic mass is 10.1. The van der Waals surface area contributed by atoms with Crippen LogP contribution in [0.4, 0.5) is 16.2 Å². The zero-order valence-electron chi connectivity index (χ0n) is 12.2. The SMILES string of the molecule is CCN(C)c1ccccc1NC(=O)N1CCC(CO)C1. The Labute approximate surface area is 120 Å². The van der Waals surface area contributed by atoms with Gasteiger partial charge in [0, 0.05) is 39.2 Å². The van der Waals surface area contributed by atoms with Crippen LogP contribution in [0.25, 0.3) is 0 Å². The van der Waals surface area contributed by atoms with Crippen molar-refractivity contribution in [3.8, 4) is 0 Å². The molecule has 0 aromatic heterocycles. The summed E-state index contributed by atoms with van der Waals surface area (Å²) in [7, 11) is 2.00. The Balaban J connectivity index is 2.05. The van der Waals surface area contributed by atoms with E-state index in [0.29, 0.717) is 13.1 Å². The zero-order valence-corrected chi connectivity index (χ0v) is 12.2. The first kappa shape index (κ1) is 14.7. The molecule has 0 radical (unpaired) electrons. The van der Waals surface area contributed by atoms with Gasteiger partial charge in [-0.2, -0.15) is 0 Å². The van der Waals surface area contributed by atoms with Crippen LogP contribution in [0, 0.1) is 5.92 Å². The van der Waals surface area contributed by atoms with E-state index >= 15 is 0 Å². The minimum Gasteiger partial charge on any atom is -0.396 e. The minimum absolute atomic E-state index is 0.0853. The number of benzene rings is 1. The summed E-state index contributed by atoms with van der Waals surface area (Å²) in [6, 6.07) is 7.72. The van der Waals surface area contributed by atoms with Gasteiger partial charge in [-0.15, -0.1) is 0 Å². The van der Waals surface area contributed by atoms with Gasteiger partial charge in [0.2, 0.25) is 0 Å². The monoisotopic (exact) mass is 277 g/mol. The van der Waals surface area contributed by atoms with Crippen molar-refractivity contribution in [2.24, 2.45) is 5.92 Å². The predicted octanol–water partition coefficient (Wildman–Crippen LogP) is 1.99. The van der Waals surface area contributed by atoms with Gasteiger partial charge in [0.25, 0.3) is 0 Å². The van der Waals surface area contributed by atoms with E-state index in [1.165, 1.54) is 0 Å². The Bertz CT molecular complexity index is 464. The van der Waals surface area contributed by atoms with E-state index in [1.54, 1.807) is 4.90 Å². The molecule has 2 N–H and O–H groups in total. The van der Waals surface area contributed by atoms with E-state index in [0.717, 1.165) is 24.3 Å². The Morgan fingerprint density at radius 1 is 1.50 bits per heavy atom. The average Bonchev–Trinajstić information content (AvgIpc) is 2.96. The summed E-state index contributed by atoms with van der Waals surface area (Å²) < 4.78 is 0. The summed E-state index contributed by atoms with van der Waals surface area (Å²) in [6.07, 6.45) is 0.875. The quantitative estimate of drug-likeness (QED) is 0.885. The Morgan fingerprint density at radius 2 is 2.25 bits per heavy atom. The van der Waals surface area contributed by atoms with Gasteiger partial charge in [-0.3, -0.25) is 0 Å². The third-order valence-electron chi connectivity index (χ3n) is 3.86. The molecule has 0 saturated carbocycles. The molecule has 1 heterocycles. The van der Waals surface area contributed by atoms with Crippen LogP contribution in [0.5, 0.6) is 0 Å². The maximum atomic E-state index is 12.3. The largest absolute Gasteiger partial charge is 0.396 e. The first-order valence-corrected chi connectivity index (χ1v) is 7.12. The van der Waals surface area contributed by atoms with Crippen molar-refractivity contribution in [1.82, 2.24) is 4.90 Å². The van der Waals surface area contributed by atoms with Gasteiger partial charge in [-0.1, -0.05) is 12.1 Å². The number of hydrogen-bond donors (Lipinski definition) is 2. The van der Waals surface area contributed by atoms with E-state index in [1.807, 2.05) is 31.3 Å². The standard InChI is InChI=1S/C15H23N3O2/c1-3-17(2)14-7-5-4-6-13(14)16-15(20)18-9-8-12(10-18)11-19/h4-7,12,19H,3,8-11H2,1-2H3,(H,16,20). The molecule has 1 saturated heterocycles. The normalized spacial score (nSPS) is 18.1. The van der Waals surface area contributed by atoms with Crippen molar-refractivity contribution in [2.75, 3.05) is 43.5 Å². The lowest BCUT2D eigenvalue weighted by molar-refractivity contribution is 0.209. The van der Waals surface area contributed by atoms with Crippen molar-refractivity contribution < 1.29 is 9.90 Å². The number of anilines is 2. The molecule has 0 spiro atoms. The molecule has 2 amide bonds. The molecule has 20 heavy (non-hydrogen) atoms. The number of rotatable bonds is 4. The van der Waals surface area contributed by atoms with Crippen LogP contribution in [0.15, 0.2) is 24.3 Å². The third-order valence-corrected chi connectivity index (χ3v) is 3.86. The fourth-order valence-corrected chi connectivity index (χ4v) is 2.44. The van der Waals surface area contributed by atoms with Crippen LogP contribution in [-0.2, 0) is 0 Å². The molecule has 110 valence electrons. The number of para-hydroxylation sites is 2. The number of hydrogen-bond acceptors (Lipinski definition) is 3. The Kier molecular flexibility index (Phi) is 4.84. The molecule has 1 unspecified atom stereocenters. The summed E-state index contributed by atoms with van der Waals surface area (Å²) in [5.74, 6) is 0.217. The number of nitrogens with zero attached hydrogens (tertiary/aromatic N) is 2. The number of nitrogens with one attached hydrogen (secondary N) is 1. The second-order valence-corrected chi connectivity index (χ2v) is 5.24. The number of carbonyl (C=O) groups is 1. The van der Waals surface area contributed by atoms with Crippen LogP contribution in [0.2, 0.25) is 0 Å². The first-order valence-electron chi connectivity index (χ1n) is 7.12. The topological polar surface area (TPSA) is 55.8 Å². The molecular formula is C15H23N3O2. The van der Waals surface area contributed by atoms with Crippen molar-refractivity contribution in [3.05, 3.63) is 24.3 Å². The highest BCUT2D eigenvalue weighted by Crippen LogP contribution is 2.25. The average molecular weight is 277 g/mol. The molecule has 1 aromatic carbocycles. The zero-order chi connectivity index (χ0) is 14.5. The molecule has 0 bridgehead atoms. The van der Waals surface area contributed by atoms with Gasteiger partial charge in [-0.25, -0.2) is 4.79 Å². The van der Waals surface area contributed by atoms with Crippen molar-refractivity contribution in [3.63, 3.8) is 0 Å². The van der Waals surface area contributed by atoms with Gasteiger partial charge in [0.05, 0.1) is 11.4 Å². The van der Waals surface area contributed by atoms with Crippen LogP contribution >= 0.6 is 0 Å². The highest BCUT2D eigenvalue weighted by atomic mass is 16.3. The summed E-state index contributed by atoms with van der Waals surface area (Å²) in [4.78, 5) is 16.1. The van der Waals surface area contributed by atoms with Crippen LogP contribution in [0.1, 0.15) is 13.3 Å². The molecule has 1 atom stereocenters. The highest BCUT2D eigenvalue weighted by Gasteiger charge is 2.26. The number of carbonyl (C=O) groups excluding carboxylic acids is 1. The van der Waals surface area contributed by atoms with Crippen molar-refractivity contribution in [1.29, 1.82) is 0 Å². The van der Waals surface area contributed by atoms with Crippen LogP contribution in [-0.4, -0.2) is 49.3 Å². The highest BCUT2D eigenvalue weighted by molar-refractivity contribution is 5.93. The second kappa shape index (κ2) is 6.61. The smallest absolute Gasteiger partial charge is 0.321 e. The molecule has 5 nitrogen and oxygen atoms in total. The van der Waals surface area contributed by atoms with Gasteiger partial charge >= 0.3 is 6.03 Å². The van der Waals surface area contributed by atoms with E-state index in [-0.39, 0.29) is 18.6 Å². The molecule has 2 rings (SSSR count). The number of aliphatic hydroxyl groups is 1. The molecular weight excluding hydrogens is 254 g/mol. The summed E-state index contributed by atoms with van der Waals surface area (Å²) >= 11 is 0. The molecule has 1 aliphatic rings. The molecule has 1 aliphatic heterocycles. The lowest BCUT2D eigenvalue weighted by Gasteiger charge is -2.23. The van der Waals surface area contributed by atoms with Crippen LogP contribution in [0.3, 0.4) is 0 Å². The molecule has 0 aliphatic carbocycles. The summed E-state index contributed by atoms with van der Waals surface area (Å²) in [6.45, 7) is 4.45. The predicted molar refractivity (Wildman–Crippen MR) is 81.2 cm³/mol. The first-order chi connectivity index (χ1) is 9.65. The van der Waals surface area contributed by atoms with E-state index in [9.17, 15) is 4.79 Å². The third kappa shape index (κ3) is 3.22. The second-order valence-electron chi connectivity index (χ2n) is 5.24. The van der Waals surface area contributed by atoms with E-state index < -0.39 is 0 Å². The summed E-state index contributed by atoms with van der Waals surface area (Å²) in [5.41, 5.74) is 1.84.